The lowest BCUT2D eigenvalue weighted by molar-refractivity contribution is -0.132. The molecule has 0 heterocycles. The Bertz CT molecular complexity index is 167. The van der Waals surface area contributed by atoms with E-state index in [9.17, 15) is 4.79 Å². The van der Waals surface area contributed by atoms with Crippen LogP contribution in [0.15, 0.2) is 0 Å². The second-order valence-corrected chi connectivity index (χ2v) is 3.55. The normalized spacial score (nSPS) is 28.8. The van der Waals surface area contributed by atoms with Crippen molar-refractivity contribution in [2.75, 3.05) is 7.05 Å². The summed E-state index contributed by atoms with van der Waals surface area (Å²) in [6, 6.07) is 0.416. The highest BCUT2D eigenvalue weighted by Crippen LogP contribution is 2.29. The zero-order valence-electron chi connectivity index (χ0n) is 7.37. The molecule has 1 rings (SSSR count). The number of carbonyl (C=O) groups is 1. The summed E-state index contributed by atoms with van der Waals surface area (Å²) in [6.07, 6.45) is 0.871. The molecule has 1 aliphatic carbocycles. The van der Waals surface area contributed by atoms with Crippen molar-refractivity contribution in [2.24, 2.45) is 11.7 Å². The molecule has 1 fully saturated rings. The minimum absolute atomic E-state index is 0.113. The molecule has 0 radical (unpaired) electrons. The van der Waals surface area contributed by atoms with Crippen LogP contribution in [0.4, 0.5) is 0 Å². The molecule has 1 amide bonds. The zero-order chi connectivity index (χ0) is 8.59. The van der Waals surface area contributed by atoms with Gasteiger partial charge < -0.3 is 10.6 Å². The fourth-order valence-electron chi connectivity index (χ4n) is 1.01. The van der Waals surface area contributed by atoms with Crippen LogP contribution in [0.1, 0.15) is 20.3 Å². The SMILES string of the molecule is CC(C)N(C)C(=O)C1CC1N. The van der Waals surface area contributed by atoms with Crippen LogP contribution in [0.25, 0.3) is 0 Å². The van der Waals surface area contributed by atoms with Crippen LogP contribution in [0.3, 0.4) is 0 Å². The van der Waals surface area contributed by atoms with Crippen molar-refractivity contribution in [1.29, 1.82) is 0 Å². The quantitative estimate of drug-likeness (QED) is 0.621. The molecule has 0 aromatic heterocycles. The van der Waals surface area contributed by atoms with Gasteiger partial charge in [0.25, 0.3) is 0 Å². The molecule has 11 heavy (non-hydrogen) atoms. The third-order valence-electron chi connectivity index (χ3n) is 2.28. The van der Waals surface area contributed by atoms with Gasteiger partial charge in [0.2, 0.25) is 5.91 Å². The summed E-state index contributed by atoms with van der Waals surface area (Å²) in [5.74, 6) is 0.315. The Morgan fingerprint density at radius 1 is 1.64 bits per heavy atom. The molecule has 0 aliphatic heterocycles. The van der Waals surface area contributed by atoms with Crippen LogP contribution in [-0.4, -0.2) is 29.9 Å². The zero-order valence-corrected chi connectivity index (χ0v) is 7.37. The summed E-state index contributed by atoms with van der Waals surface area (Å²) in [5, 5.41) is 0. The van der Waals surface area contributed by atoms with Crippen molar-refractivity contribution >= 4 is 5.91 Å². The fourth-order valence-corrected chi connectivity index (χ4v) is 1.01. The minimum Gasteiger partial charge on any atom is -0.343 e. The first-order valence-electron chi connectivity index (χ1n) is 4.06. The van der Waals surface area contributed by atoms with E-state index in [2.05, 4.69) is 0 Å². The molecule has 0 spiro atoms. The van der Waals surface area contributed by atoms with Crippen molar-refractivity contribution in [1.82, 2.24) is 4.90 Å². The summed E-state index contributed by atoms with van der Waals surface area (Å²) in [5.41, 5.74) is 5.56. The van der Waals surface area contributed by atoms with Gasteiger partial charge in [0.15, 0.2) is 0 Å². The maximum Gasteiger partial charge on any atom is 0.227 e. The summed E-state index contributed by atoms with van der Waals surface area (Å²) in [7, 11) is 1.83. The number of nitrogens with two attached hydrogens (primary N) is 1. The van der Waals surface area contributed by atoms with Crippen LogP contribution in [-0.2, 0) is 4.79 Å². The van der Waals surface area contributed by atoms with Crippen LogP contribution in [0.5, 0.6) is 0 Å². The number of carbonyl (C=O) groups excluding carboxylic acids is 1. The summed E-state index contributed by atoms with van der Waals surface area (Å²) >= 11 is 0. The number of amides is 1. The molecule has 64 valence electrons. The largest absolute Gasteiger partial charge is 0.343 e. The molecule has 0 aromatic rings. The fraction of sp³-hybridized carbons (Fsp3) is 0.875. The second-order valence-electron chi connectivity index (χ2n) is 3.55. The predicted molar refractivity (Wildman–Crippen MR) is 44.0 cm³/mol. The molecule has 3 heteroatoms. The van der Waals surface area contributed by atoms with Gasteiger partial charge in [-0.15, -0.1) is 0 Å². The van der Waals surface area contributed by atoms with E-state index in [1.165, 1.54) is 0 Å². The van der Waals surface area contributed by atoms with Gasteiger partial charge in [-0.25, -0.2) is 0 Å². The molecule has 2 atom stereocenters. The van der Waals surface area contributed by atoms with Crippen LogP contribution in [0, 0.1) is 5.92 Å². The van der Waals surface area contributed by atoms with Gasteiger partial charge in [-0.2, -0.15) is 0 Å². The Hall–Kier alpha value is -0.570. The number of nitrogens with zero attached hydrogens (tertiary/aromatic N) is 1. The first kappa shape index (κ1) is 8.53. The van der Waals surface area contributed by atoms with Gasteiger partial charge in [-0.05, 0) is 20.3 Å². The number of hydrogen-bond acceptors (Lipinski definition) is 2. The Morgan fingerprint density at radius 3 is 2.36 bits per heavy atom. The Kier molecular flexibility index (Phi) is 2.18. The van der Waals surface area contributed by atoms with E-state index in [-0.39, 0.29) is 23.9 Å². The standard InChI is InChI=1S/C8H16N2O/c1-5(2)10(3)8(11)6-4-7(6)9/h5-7H,4,9H2,1-3H3. The average Bonchev–Trinajstić information content (AvgIpc) is 2.63. The third kappa shape index (κ3) is 1.71. The monoisotopic (exact) mass is 156 g/mol. The average molecular weight is 156 g/mol. The topological polar surface area (TPSA) is 46.3 Å². The van der Waals surface area contributed by atoms with Crippen molar-refractivity contribution in [3.8, 4) is 0 Å². The number of hydrogen-bond donors (Lipinski definition) is 1. The smallest absolute Gasteiger partial charge is 0.227 e. The van der Waals surface area contributed by atoms with Gasteiger partial charge in [-0.1, -0.05) is 0 Å². The van der Waals surface area contributed by atoms with Gasteiger partial charge in [0.1, 0.15) is 0 Å². The minimum atomic E-state index is 0.113. The maximum atomic E-state index is 11.4. The van der Waals surface area contributed by atoms with Crippen LogP contribution >= 0.6 is 0 Å². The maximum absolute atomic E-state index is 11.4. The van der Waals surface area contributed by atoms with E-state index >= 15 is 0 Å². The highest BCUT2D eigenvalue weighted by molar-refractivity contribution is 5.82. The van der Waals surface area contributed by atoms with E-state index in [0.717, 1.165) is 6.42 Å². The van der Waals surface area contributed by atoms with E-state index < -0.39 is 0 Å². The van der Waals surface area contributed by atoms with Crippen LogP contribution in [0.2, 0.25) is 0 Å². The molecule has 1 saturated carbocycles. The highest BCUT2D eigenvalue weighted by atomic mass is 16.2. The summed E-state index contributed by atoms with van der Waals surface area (Å²) in [6.45, 7) is 4.01. The molecule has 1 aliphatic rings. The number of rotatable bonds is 2. The highest BCUT2D eigenvalue weighted by Gasteiger charge is 2.41. The molecular weight excluding hydrogens is 140 g/mol. The van der Waals surface area contributed by atoms with Crippen LogP contribution < -0.4 is 5.73 Å². The molecule has 0 saturated heterocycles. The van der Waals surface area contributed by atoms with E-state index in [1.54, 1.807) is 4.90 Å². The molecular formula is C8H16N2O. The molecule has 2 unspecified atom stereocenters. The van der Waals surface area contributed by atoms with Crippen molar-refractivity contribution in [2.45, 2.75) is 32.4 Å². The van der Waals surface area contributed by atoms with Crippen molar-refractivity contribution in [3.05, 3.63) is 0 Å². The molecule has 3 nitrogen and oxygen atoms in total. The second kappa shape index (κ2) is 2.81. The Labute approximate surface area is 67.5 Å². The van der Waals surface area contributed by atoms with E-state index in [4.69, 9.17) is 5.73 Å². The lowest BCUT2D eigenvalue weighted by Crippen LogP contribution is -2.35. The predicted octanol–water partition coefficient (Wildman–Crippen LogP) is 0.200. The van der Waals surface area contributed by atoms with Gasteiger partial charge in [0, 0.05) is 19.1 Å². The Balaban J connectivity index is 2.42. The summed E-state index contributed by atoms with van der Waals surface area (Å²) < 4.78 is 0. The van der Waals surface area contributed by atoms with Gasteiger partial charge in [0.05, 0.1) is 5.92 Å². The third-order valence-corrected chi connectivity index (χ3v) is 2.28. The summed E-state index contributed by atoms with van der Waals surface area (Å²) in [4.78, 5) is 13.2. The van der Waals surface area contributed by atoms with Gasteiger partial charge in [-0.3, -0.25) is 4.79 Å². The Morgan fingerprint density at radius 2 is 2.09 bits per heavy atom. The van der Waals surface area contributed by atoms with Gasteiger partial charge >= 0.3 is 0 Å². The first-order chi connectivity index (χ1) is 5.04. The molecule has 2 N–H and O–H groups in total. The van der Waals surface area contributed by atoms with Crippen molar-refractivity contribution in [3.63, 3.8) is 0 Å². The van der Waals surface area contributed by atoms with Crippen molar-refractivity contribution < 1.29 is 4.79 Å². The molecule has 0 aromatic carbocycles. The lowest BCUT2D eigenvalue weighted by atomic mass is 10.3. The van der Waals surface area contributed by atoms with E-state index in [1.807, 2.05) is 20.9 Å². The molecule has 0 bridgehead atoms. The van der Waals surface area contributed by atoms with E-state index in [0.29, 0.717) is 0 Å². The lowest BCUT2D eigenvalue weighted by Gasteiger charge is -2.21. The first-order valence-corrected chi connectivity index (χ1v) is 4.06.